The van der Waals surface area contributed by atoms with E-state index in [2.05, 4.69) is 53.4 Å². The van der Waals surface area contributed by atoms with E-state index in [-0.39, 0.29) is 18.6 Å². The number of anilines is 1. The van der Waals surface area contributed by atoms with Gasteiger partial charge in [-0.2, -0.15) is 0 Å². The van der Waals surface area contributed by atoms with Gasteiger partial charge in [0, 0.05) is 32.6 Å². The van der Waals surface area contributed by atoms with Crippen LogP contribution in [0.15, 0.2) is 103 Å². The van der Waals surface area contributed by atoms with Crippen molar-refractivity contribution in [3.63, 3.8) is 0 Å². The van der Waals surface area contributed by atoms with Crippen LogP contribution in [0.1, 0.15) is 28.3 Å². The molecule has 3 aliphatic rings. The fourth-order valence-corrected chi connectivity index (χ4v) is 6.53. The second-order valence-electron chi connectivity index (χ2n) is 10.7. The van der Waals surface area contributed by atoms with Crippen molar-refractivity contribution >= 4 is 17.7 Å². The Bertz CT molecular complexity index is 1520. The highest BCUT2D eigenvalue weighted by atomic mass is 16.6. The molecule has 0 N–H and O–H groups in total. The van der Waals surface area contributed by atoms with E-state index >= 15 is 0 Å². The Morgan fingerprint density at radius 3 is 2.00 bits per heavy atom. The summed E-state index contributed by atoms with van der Waals surface area (Å²) < 4.78 is 5.70. The average molecular weight is 530 g/mol. The Hall–Kier alpha value is -4.42. The first-order valence-corrected chi connectivity index (χ1v) is 14.0. The number of rotatable bonds is 4. The fraction of sp³-hybridized carbons (Fsp3) is 0.235. The zero-order chi connectivity index (χ0) is 27.1. The number of para-hydroxylation sites is 1. The van der Waals surface area contributed by atoms with E-state index in [9.17, 15) is 9.59 Å². The van der Waals surface area contributed by atoms with Crippen LogP contribution in [0.25, 0.3) is 11.1 Å². The summed E-state index contributed by atoms with van der Waals surface area (Å²) in [5, 5.41) is 0. The minimum Gasteiger partial charge on any atom is -0.444 e. The maximum Gasteiger partial charge on any atom is 0.415 e. The van der Waals surface area contributed by atoms with Gasteiger partial charge in [0.2, 0.25) is 5.91 Å². The highest BCUT2D eigenvalue weighted by Crippen LogP contribution is 2.46. The first-order chi connectivity index (χ1) is 19.7. The third-order valence-electron chi connectivity index (χ3n) is 8.45. The van der Waals surface area contributed by atoms with Gasteiger partial charge in [-0.25, -0.2) is 4.79 Å². The third-order valence-corrected chi connectivity index (χ3v) is 8.45. The van der Waals surface area contributed by atoms with Crippen LogP contribution < -0.4 is 4.90 Å². The van der Waals surface area contributed by atoms with Gasteiger partial charge in [0.25, 0.3) is 0 Å². The van der Waals surface area contributed by atoms with Crippen LogP contribution in [0, 0.1) is 0 Å². The first-order valence-electron chi connectivity index (χ1n) is 14.0. The minimum absolute atomic E-state index is 0.0141. The molecule has 0 unspecified atom stereocenters. The molecule has 0 saturated carbocycles. The third kappa shape index (κ3) is 4.25. The molecule has 40 heavy (non-hydrogen) atoms. The first kappa shape index (κ1) is 24.6. The van der Waals surface area contributed by atoms with E-state index < -0.39 is 12.1 Å². The number of carbonyl (C=O) groups is 2. The van der Waals surface area contributed by atoms with E-state index in [1.807, 2.05) is 59.5 Å². The molecule has 4 aromatic rings. The molecule has 0 aromatic heterocycles. The van der Waals surface area contributed by atoms with Crippen LogP contribution in [-0.2, 0) is 22.6 Å². The number of hydrogen-bond acceptors (Lipinski definition) is 4. The molecule has 0 spiro atoms. The monoisotopic (exact) mass is 529 g/mol. The van der Waals surface area contributed by atoms with Crippen LogP contribution in [0.5, 0.6) is 0 Å². The molecule has 1 atom stereocenters. The van der Waals surface area contributed by atoms with Gasteiger partial charge in [0.1, 0.15) is 12.6 Å². The molecule has 6 nitrogen and oxygen atoms in total. The van der Waals surface area contributed by atoms with Gasteiger partial charge < -0.3 is 9.64 Å². The predicted octanol–water partition coefficient (Wildman–Crippen LogP) is 5.67. The Morgan fingerprint density at radius 2 is 1.30 bits per heavy atom. The van der Waals surface area contributed by atoms with Gasteiger partial charge >= 0.3 is 6.09 Å². The molecule has 0 bridgehead atoms. The summed E-state index contributed by atoms with van der Waals surface area (Å²) in [4.78, 5) is 33.3. The Labute approximate surface area is 234 Å². The Morgan fingerprint density at radius 1 is 0.700 bits per heavy atom. The molecule has 4 aromatic carbocycles. The van der Waals surface area contributed by atoms with Gasteiger partial charge in [-0.05, 0) is 39.4 Å². The highest BCUT2D eigenvalue weighted by Gasteiger charge is 2.42. The van der Waals surface area contributed by atoms with Gasteiger partial charge in [0.05, 0.1) is 11.7 Å². The topological polar surface area (TPSA) is 53.1 Å². The lowest BCUT2D eigenvalue weighted by molar-refractivity contribution is -0.134. The number of nitrogens with zero attached hydrogens (tertiary/aromatic N) is 3. The van der Waals surface area contributed by atoms with Crippen LogP contribution in [0.4, 0.5) is 10.5 Å². The van der Waals surface area contributed by atoms with E-state index in [1.165, 1.54) is 22.3 Å². The number of hydrogen-bond donors (Lipinski definition) is 0. The van der Waals surface area contributed by atoms with Crippen LogP contribution in [-0.4, -0.2) is 54.0 Å². The molecule has 7 rings (SSSR count). The fourth-order valence-electron chi connectivity index (χ4n) is 6.53. The normalized spacial score (nSPS) is 18.2. The summed E-state index contributed by atoms with van der Waals surface area (Å²) in [7, 11) is 0. The van der Waals surface area contributed by atoms with E-state index in [0.717, 1.165) is 29.9 Å². The summed E-state index contributed by atoms with van der Waals surface area (Å²) in [5.74, 6) is -0.0141. The molecular formula is C34H31N3O3. The molecular weight excluding hydrogens is 498 g/mol. The van der Waals surface area contributed by atoms with Crippen LogP contribution in [0.2, 0.25) is 0 Å². The number of amides is 2. The van der Waals surface area contributed by atoms with E-state index in [0.29, 0.717) is 19.5 Å². The van der Waals surface area contributed by atoms with Crippen molar-refractivity contribution in [2.75, 3.05) is 31.1 Å². The van der Waals surface area contributed by atoms with Gasteiger partial charge in [-0.15, -0.1) is 0 Å². The summed E-state index contributed by atoms with van der Waals surface area (Å²) in [6.07, 6.45) is 0.0175. The van der Waals surface area contributed by atoms with Gasteiger partial charge in [-0.3, -0.25) is 14.6 Å². The second-order valence-corrected chi connectivity index (χ2v) is 10.7. The lowest BCUT2D eigenvalue weighted by Gasteiger charge is -2.40. The predicted molar refractivity (Wildman–Crippen MR) is 155 cm³/mol. The lowest BCUT2D eigenvalue weighted by Crippen LogP contribution is -2.55. The number of ether oxygens (including phenoxy) is 1. The van der Waals surface area contributed by atoms with Crippen molar-refractivity contribution in [3.8, 4) is 11.1 Å². The number of benzene rings is 4. The standard InChI is InChI=1S/C34H31N3O3/c38-33(31-22-25-12-4-9-17-30(25)37(31)34(39)40-23-24-10-2-1-3-11-24)36-20-18-35(19-21-36)32-28-15-7-5-13-26(28)27-14-6-8-16-29(27)32/h1-17,31-32H,18-23H2/t31-/m0/s1. The highest BCUT2D eigenvalue weighted by molar-refractivity contribution is 6.00. The summed E-state index contributed by atoms with van der Waals surface area (Å²) in [6.45, 7) is 2.97. The largest absolute Gasteiger partial charge is 0.444 e. The van der Waals surface area contributed by atoms with Crippen LogP contribution >= 0.6 is 0 Å². The molecule has 2 amide bonds. The molecule has 1 fully saturated rings. The molecule has 6 heteroatoms. The molecule has 2 aliphatic heterocycles. The van der Waals surface area contributed by atoms with Crippen molar-refractivity contribution < 1.29 is 14.3 Å². The maximum absolute atomic E-state index is 13.9. The minimum atomic E-state index is -0.597. The number of piperazine rings is 1. The van der Waals surface area contributed by atoms with Crippen molar-refractivity contribution in [1.82, 2.24) is 9.80 Å². The number of carbonyl (C=O) groups excluding carboxylic acids is 2. The zero-order valence-corrected chi connectivity index (χ0v) is 22.3. The summed E-state index contributed by atoms with van der Waals surface area (Å²) >= 11 is 0. The summed E-state index contributed by atoms with van der Waals surface area (Å²) in [5.41, 5.74) is 7.94. The van der Waals surface area contributed by atoms with Crippen molar-refractivity contribution in [2.45, 2.75) is 25.1 Å². The van der Waals surface area contributed by atoms with E-state index in [4.69, 9.17) is 4.74 Å². The number of fused-ring (bicyclic) bond motifs is 4. The van der Waals surface area contributed by atoms with Crippen LogP contribution in [0.3, 0.4) is 0 Å². The van der Waals surface area contributed by atoms with Gasteiger partial charge in [0.15, 0.2) is 0 Å². The van der Waals surface area contributed by atoms with Gasteiger partial charge in [-0.1, -0.05) is 97.1 Å². The SMILES string of the molecule is O=C([C@@H]1Cc2ccccc2N1C(=O)OCc1ccccc1)N1CCN(C2c3ccccc3-c3ccccc32)CC1. The molecule has 1 saturated heterocycles. The molecule has 0 radical (unpaired) electrons. The average Bonchev–Trinajstić information content (AvgIpc) is 3.57. The Kier molecular flexibility index (Phi) is 6.33. The van der Waals surface area contributed by atoms with Crippen molar-refractivity contribution in [3.05, 3.63) is 125 Å². The smallest absolute Gasteiger partial charge is 0.415 e. The summed E-state index contributed by atoms with van der Waals surface area (Å²) in [6, 6.07) is 34.3. The Balaban J connectivity index is 1.07. The van der Waals surface area contributed by atoms with Crippen molar-refractivity contribution in [2.24, 2.45) is 0 Å². The second kappa shape index (κ2) is 10.3. The van der Waals surface area contributed by atoms with E-state index in [1.54, 1.807) is 4.90 Å². The lowest BCUT2D eigenvalue weighted by atomic mass is 10.0. The molecule has 2 heterocycles. The zero-order valence-electron chi connectivity index (χ0n) is 22.3. The van der Waals surface area contributed by atoms with Crippen molar-refractivity contribution in [1.29, 1.82) is 0 Å². The molecule has 200 valence electrons. The quantitative estimate of drug-likeness (QED) is 0.342. The maximum atomic E-state index is 13.9. The molecule has 1 aliphatic carbocycles.